The molecular formula is C16H16ClNO3. The van der Waals surface area contributed by atoms with E-state index < -0.39 is 5.97 Å². The number of benzene rings is 2. The van der Waals surface area contributed by atoms with Gasteiger partial charge in [0.1, 0.15) is 12.4 Å². The molecule has 0 radical (unpaired) electrons. The molecule has 2 aromatic rings. The van der Waals surface area contributed by atoms with Crippen LogP contribution in [0.1, 0.15) is 15.9 Å². The summed E-state index contributed by atoms with van der Waals surface area (Å²) in [5, 5.41) is 12.5. The standard InChI is InChI=1S/C16H16ClNO3/c1-11-5-2-3-8-14(11)21-10-9-18-15-12(16(19)20)6-4-7-13(15)17/h2-8,18H,9-10H2,1H3,(H,19,20). The number of hydrogen-bond donors (Lipinski definition) is 2. The van der Waals surface area contributed by atoms with Crippen molar-refractivity contribution in [2.24, 2.45) is 0 Å². The zero-order valence-corrected chi connectivity index (χ0v) is 12.4. The van der Waals surface area contributed by atoms with Crippen LogP contribution in [0.3, 0.4) is 0 Å². The molecule has 4 nitrogen and oxygen atoms in total. The number of anilines is 1. The van der Waals surface area contributed by atoms with Gasteiger partial charge in [-0.3, -0.25) is 0 Å². The molecule has 110 valence electrons. The average molecular weight is 306 g/mol. The Bertz CT molecular complexity index is 643. The number of carboxylic acid groups (broad SMARTS) is 1. The van der Waals surface area contributed by atoms with Gasteiger partial charge in [-0.2, -0.15) is 0 Å². The third-order valence-corrected chi connectivity index (χ3v) is 3.31. The first-order valence-electron chi connectivity index (χ1n) is 6.53. The van der Waals surface area contributed by atoms with Crippen molar-refractivity contribution in [1.82, 2.24) is 0 Å². The van der Waals surface area contributed by atoms with Crippen molar-refractivity contribution < 1.29 is 14.6 Å². The number of aryl methyl sites for hydroxylation is 1. The van der Waals surface area contributed by atoms with Gasteiger partial charge in [-0.05, 0) is 30.7 Å². The van der Waals surface area contributed by atoms with E-state index in [2.05, 4.69) is 5.32 Å². The van der Waals surface area contributed by atoms with E-state index in [-0.39, 0.29) is 5.56 Å². The predicted molar refractivity (Wildman–Crippen MR) is 83.6 cm³/mol. The minimum Gasteiger partial charge on any atom is -0.491 e. The van der Waals surface area contributed by atoms with Gasteiger partial charge in [-0.25, -0.2) is 4.79 Å². The summed E-state index contributed by atoms with van der Waals surface area (Å²) in [6.45, 7) is 2.84. The van der Waals surface area contributed by atoms with E-state index in [1.807, 2.05) is 31.2 Å². The smallest absolute Gasteiger partial charge is 0.337 e. The second-order valence-electron chi connectivity index (χ2n) is 4.51. The van der Waals surface area contributed by atoms with Crippen molar-refractivity contribution >= 4 is 23.3 Å². The molecule has 0 bridgehead atoms. The van der Waals surface area contributed by atoms with E-state index in [4.69, 9.17) is 21.4 Å². The normalized spacial score (nSPS) is 10.2. The quantitative estimate of drug-likeness (QED) is 0.796. The van der Waals surface area contributed by atoms with Crippen LogP contribution in [-0.2, 0) is 0 Å². The molecular weight excluding hydrogens is 290 g/mol. The summed E-state index contributed by atoms with van der Waals surface area (Å²) < 4.78 is 5.65. The number of rotatable bonds is 6. The lowest BCUT2D eigenvalue weighted by atomic mass is 10.2. The molecule has 0 spiro atoms. The number of carbonyl (C=O) groups is 1. The number of para-hydroxylation sites is 2. The molecule has 0 aliphatic rings. The Morgan fingerprint density at radius 3 is 2.71 bits per heavy atom. The second kappa shape index (κ2) is 6.99. The molecule has 0 saturated carbocycles. The second-order valence-corrected chi connectivity index (χ2v) is 4.92. The number of carboxylic acids is 1. The molecule has 0 aliphatic heterocycles. The Kier molecular flexibility index (Phi) is 5.06. The van der Waals surface area contributed by atoms with Gasteiger partial charge in [0, 0.05) is 6.54 Å². The fraction of sp³-hybridized carbons (Fsp3) is 0.188. The number of nitrogens with one attached hydrogen (secondary N) is 1. The fourth-order valence-electron chi connectivity index (χ4n) is 1.94. The van der Waals surface area contributed by atoms with Gasteiger partial charge in [0.05, 0.1) is 16.3 Å². The highest BCUT2D eigenvalue weighted by atomic mass is 35.5. The molecule has 0 fully saturated rings. The molecule has 5 heteroatoms. The van der Waals surface area contributed by atoms with Crippen LogP contribution >= 0.6 is 11.6 Å². The molecule has 0 unspecified atom stereocenters. The maximum absolute atomic E-state index is 11.1. The summed E-state index contributed by atoms with van der Waals surface area (Å²) in [6.07, 6.45) is 0. The van der Waals surface area contributed by atoms with E-state index in [1.54, 1.807) is 12.1 Å². The van der Waals surface area contributed by atoms with E-state index in [9.17, 15) is 4.79 Å². The molecule has 2 aromatic carbocycles. The van der Waals surface area contributed by atoms with Crippen molar-refractivity contribution in [1.29, 1.82) is 0 Å². The Morgan fingerprint density at radius 2 is 2.00 bits per heavy atom. The number of ether oxygens (including phenoxy) is 1. The van der Waals surface area contributed by atoms with Crippen LogP contribution in [0.15, 0.2) is 42.5 Å². The van der Waals surface area contributed by atoms with Crippen molar-refractivity contribution in [2.45, 2.75) is 6.92 Å². The summed E-state index contributed by atoms with van der Waals surface area (Å²) in [7, 11) is 0. The van der Waals surface area contributed by atoms with Crippen molar-refractivity contribution in [2.75, 3.05) is 18.5 Å². The van der Waals surface area contributed by atoms with Crippen LogP contribution in [0.25, 0.3) is 0 Å². The third-order valence-electron chi connectivity index (χ3n) is 3.00. The highest BCUT2D eigenvalue weighted by molar-refractivity contribution is 6.34. The van der Waals surface area contributed by atoms with Crippen LogP contribution in [0.5, 0.6) is 5.75 Å². The van der Waals surface area contributed by atoms with Gasteiger partial charge in [0.15, 0.2) is 0 Å². The maximum Gasteiger partial charge on any atom is 0.337 e. The Hall–Kier alpha value is -2.20. The molecule has 0 aliphatic carbocycles. The molecule has 2 N–H and O–H groups in total. The number of halogens is 1. The zero-order valence-electron chi connectivity index (χ0n) is 11.6. The van der Waals surface area contributed by atoms with Gasteiger partial charge >= 0.3 is 5.97 Å². The molecule has 0 saturated heterocycles. The summed E-state index contributed by atoms with van der Waals surface area (Å²) >= 11 is 6.03. The lowest BCUT2D eigenvalue weighted by molar-refractivity contribution is 0.0698. The highest BCUT2D eigenvalue weighted by Gasteiger charge is 2.12. The Balaban J connectivity index is 1.95. The third kappa shape index (κ3) is 3.89. The summed E-state index contributed by atoms with van der Waals surface area (Å²) in [5.41, 5.74) is 1.62. The van der Waals surface area contributed by atoms with Gasteiger partial charge in [0.25, 0.3) is 0 Å². The van der Waals surface area contributed by atoms with E-state index in [0.717, 1.165) is 11.3 Å². The largest absolute Gasteiger partial charge is 0.491 e. The van der Waals surface area contributed by atoms with Crippen molar-refractivity contribution in [3.05, 3.63) is 58.6 Å². The van der Waals surface area contributed by atoms with Gasteiger partial charge in [-0.15, -0.1) is 0 Å². The first-order valence-corrected chi connectivity index (χ1v) is 6.91. The summed E-state index contributed by atoms with van der Waals surface area (Å²) in [6, 6.07) is 12.5. The molecule has 21 heavy (non-hydrogen) atoms. The molecule has 0 atom stereocenters. The van der Waals surface area contributed by atoms with Crippen molar-refractivity contribution in [3.8, 4) is 5.75 Å². The Labute approximate surface area is 128 Å². The fourth-order valence-corrected chi connectivity index (χ4v) is 2.18. The minimum atomic E-state index is -1.01. The van der Waals surface area contributed by atoms with E-state index in [0.29, 0.717) is 23.9 Å². The van der Waals surface area contributed by atoms with E-state index >= 15 is 0 Å². The first-order chi connectivity index (χ1) is 10.1. The van der Waals surface area contributed by atoms with Crippen LogP contribution in [-0.4, -0.2) is 24.2 Å². The van der Waals surface area contributed by atoms with Crippen LogP contribution in [0, 0.1) is 6.92 Å². The van der Waals surface area contributed by atoms with Gasteiger partial charge in [-0.1, -0.05) is 35.9 Å². The highest BCUT2D eigenvalue weighted by Crippen LogP contribution is 2.25. The Morgan fingerprint density at radius 1 is 1.24 bits per heavy atom. The first kappa shape index (κ1) is 15.2. The monoisotopic (exact) mass is 305 g/mol. The van der Waals surface area contributed by atoms with Crippen LogP contribution in [0.4, 0.5) is 5.69 Å². The summed E-state index contributed by atoms with van der Waals surface area (Å²) in [4.78, 5) is 11.1. The lowest BCUT2D eigenvalue weighted by Crippen LogP contribution is -2.14. The maximum atomic E-state index is 11.1. The summed E-state index contributed by atoms with van der Waals surface area (Å²) in [5.74, 6) is -0.197. The number of hydrogen-bond acceptors (Lipinski definition) is 3. The predicted octanol–water partition coefficient (Wildman–Crippen LogP) is 3.84. The molecule has 0 amide bonds. The SMILES string of the molecule is Cc1ccccc1OCCNc1c(Cl)cccc1C(=O)O. The van der Waals surface area contributed by atoms with E-state index in [1.165, 1.54) is 6.07 Å². The van der Waals surface area contributed by atoms with Gasteiger partial charge < -0.3 is 15.2 Å². The van der Waals surface area contributed by atoms with Crippen molar-refractivity contribution in [3.63, 3.8) is 0 Å². The molecule has 0 aromatic heterocycles. The van der Waals surface area contributed by atoms with Crippen LogP contribution in [0.2, 0.25) is 5.02 Å². The number of aromatic carboxylic acids is 1. The molecule has 2 rings (SSSR count). The van der Waals surface area contributed by atoms with Gasteiger partial charge in [0.2, 0.25) is 0 Å². The van der Waals surface area contributed by atoms with Crippen LogP contribution < -0.4 is 10.1 Å². The minimum absolute atomic E-state index is 0.151. The average Bonchev–Trinajstić information content (AvgIpc) is 2.46. The topological polar surface area (TPSA) is 58.6 Å². The molecule has 0 heterocycles. The lowest BCUT2D eigenvalue weighted by Gasteiger charge is -2.13. The zero-order chi connectivity index (χ0) is 15.2.